The van der Waals surface area contributed by atoms with Crippen LogP contribution >= 0.6 is 12.4 Å². The lowest BCUT2D eigenvalue weighted by atomic mass is 9.89. The molecule has 2 nitrogen and oxygen atoms in total. The quantitative estimate of drug-likeness (QED) is 0.666. The lowest BCUT2D eigenvalue weighted by Gasteiger charge is -2.21. The molecular weight excluding hydrogens is 210 g/mol. The molecule has 1 aliphatic carbocycles. The summed E-state index contributed by atoms with van der Waals surface area (Å²) in [5.74, 6) is 0.946. The molecule has 0 aromatic rings. The van der Waals surface area contributed by atoms with E-state index >= 15 is 0 Å². The van der Waals surface area contributed by atoms with Gasteiger partial charge in [0.25, 0.3) is 0 Å². The molecule has 0 aliphatic heterocycles. The summed E-state index contributed by atoms with van der Waals surface area (Å²) in [5, 5.41) is 12.1. The summed E-state index contributed by atoms with van der Waals surface area (Å²) >= 11 is 0. The van der Waals surface area contributed by atoms with E-state index in [9.17, 15) is 0 Å². The molecule has 0 heterocycles. The van der Waals surface area contributed by atoms with Crippen LogP contribution in [0.3, 0.4) is 0 Å². The van der Waals surface area contributed by atoms with E-state index in [4.69, 9.17) is 5.11 Å². The van der Waals surface area contributed by atoms with E-state index in [1.54, 1.807) is 0 Å². The number of aliphatic hydroxyl groups is 1. The van der Waals surface area contributed by atoms with Gasteiger partial charge in [0.2, 0.25) is 0 Å². The highest BCUT2D eigenvalue weighted by molar-refractivity contribution is 5.85. The van der Waals surface area contributed by atoms with Crippen LogP contribution in [-0.2, 0) is 0 Å². The molecule has 2 N–H and O–H groups in total. The monoisotopic (exact) mass is 235 g/mol. The topological polar surface area (TPSA) is 32.3 Å². The van der Waals surface area contributed by atoms with Crippen molar-refractivity contribution in [1.82, 2.24) is 5.32 Å². The first-order valence-electron chi connectivity index (χ1n) is 6.25. The van der Waals surface area contributed by atoms with E-state index in [0.717, 1.165) is 25.3 Å². The van der Waals surface area contributed by atoms with Gasteiger partial charge in [-0.1, -0.05) is 19.3 Å². The van der Waals surface area contributed by atoms with Crippen molar-refractivity contribution in [3.8, 4) is 0 Å². The van der Waals surface area contributed by atoms with Crippen LogP contribution in [0, 0.1) is 5.92 Å². The van der Waals surface area contributed by atoms with Crippen LogP contribution < -0.4 is 5.32 Å². The van der Waals surface area contributed by atoms with Gasteiger partial charge in [-0.25, -0.2) is 0 Å². The van der Waals surface area contributed by atoms with Gasteiger partial charge in [0.15, 0.2) is 0 Å². The second-order valence-corrected chi connectivity index (χ2v) is 4.49. The molecule has 1 rings (SSSR count). The number of nitrogens with one attached hydrogen (secondary N) is 1. The molecule has 1 aliphatic rings. The fraction of sp³-hybridized carbons (Fsp3) is 1.00. The van der Waals surface area contributed by atoms with Crippen molar-refractivity contribution in [2.24, 2.45) is 5.92 Å². The summed E-state index contributed by atoms with van der Waals surface area (Å²) in [4.78, 5) is 0. The average Bonchev–Trinajstić information content (AvgIpc) is 2.25. The van der Waals surface area contributed by atoms with Gasteiger partial charge in [-0.05, 0) is 51.1 Å². The van der Waals surface area contributed by atoms with E-state index in [-0.39, 0.29) is 12.4 Å². The summed E-state index contributed by atoms with van der Waals surface area (Å²) in [6, 6.07) is 0. The third kappa shape index (κ3) is 8.06. The Morgan fingerprint density at radius 2 is 1.73 bits per heavy atom. The van der Waals surface area contributed by atoms with E-state index in [2.05, 4.69) is 5.32 Å². The van der Waals surface area contributed by atoms with Crippen LogP contribution in [0.25, 0.3) is 0 Å². The Hall–Kier alpha value is 0.210. The second kappa shape index (κ2) is 10.7. The predicted octanol–water partition coefficient (Wildman–Crippen LogP) is 2.74. The van der Waals surface area contributed by atoms with Crippen LogP contribution in [0.15, 0.2) is 0 Å². The zero-order valence-corrected chi connectivity index (χ0v) is 10.5. The lowest BCUT2D eigenvalue weighted by Crippen LogP contribution is -2.25. The summed E-state index contributed by atoms with van der Waals surface area (Å²) in [6.45, 7) is 2.71. The van der Waals surface area contributed by atoms with E-state index in [1.165, 1.54) is 45.1 Å². The van der Waals surface area contributed by atoms with Gasteiger partial charge >= 0.3 is 0 Å². The predicted molar refractivity (Wildman–Crippen MR) is 67.6 cm³/mol. The lowest BCUT2D eigenvalue weighted by molar-refractivity contribution is 0.282. The molecule has 0 bridgehead atoms. The Morgan fingerprint density at radius 3 is 2.40 bits per heavy atom. The van der Waals surface area contributed by atoms with Gasteiger partial charge in [0.05, 0.1) is 0 Å². The molecule has 0 amide bonds. The molecule has 1 saturated carbocycles. The number of hydrogen-bond acceptors (Lipinski definition) is 2. The molecule has 15 heavy (non-hydrogen) atoms. The first-order chi connectivity index (χ1) is 6.93. The Labute approximate surface area is 100 Å². The number of halogens is 1. The van der Waals surface area contributed by atoms with Crippen LogP contribution in [0.1, 0.15) is 51.4 Å². The molecule has 0 saturated heterocycles. The highest BCUT2D eigenvalue weighted by Crippen LogP contribution is 2.22. The minimum absolute atomic E-state index is 0. The maximum atomic E-state index is 8.61. The summed E-state index contributed by atoms with van der Waals surface area (Å²) in [6.07, 6.45) is 10.5. The van der Waals surface area contributed by atoms with E-state index in [1.807, 2.05) is 0 Å². The number of rotatable bonds is 7. The summed E-state index contributed by atoms with van der Waals surface area (Å²) in [7, 11) is 0. The van der Waals surface area contributed by atoms with Gasteiger partial charge in [-0.3, -0.25) is 0 Å². The Bertz CT molecular complexity index is 127. The molecular formula is C12H26ClNO. The largest absolute Gasteiger partial charge is 0.396 e. The van der Waals surface area contributed by atoms with Crippen LogP contribution in [-0.4, -0.2) is 24.8 Å². The van der Waals surface area contributed by atoms with Crippen LogP contribution in [0.5, 0.6) is 0 Å². The number of hydrogen-bond donors (Lipinski definition) is 2. The molecule has 0 radical (unpaired) electrons. The molecule has 92 valence electrons. The zero-order chi connectivity index (χ0) is 10.1. The van der Waals surface area contributed by atoms with Gasteiger partial charge in [0, 0.05) is 6.61 Å². The normalized spacial score (nSPS) is 17.4. The van der Waals surface area contributed by atoms with Crippen molar-refractivity contribution >= 4 is 12.4 Å². The van der Waals surface area contributed by atoms with Gasteiger partial charge in [-0.2, -0.15) is 0 Å². The van der Waals surface area contributed by atoms with Crippen molar-refractivity contribution in [2.75, 3.05) is 19.7 Å². The van der Waals surface area contributed by atoms with E-state index < -0.39 is 0 Å². The van der Waals surface area contributed by atoms with E-state index in [0.29, 0.717) is 6.61 Å². The molecule has 0 spiro atoms. The standard InChI is InChI=1S/C12H25NO.ClH/c14-10-6-2-5-9-13-11-12-7-3-1-4-8-12;/h12-14H,1-11H2;1H. The molecule has 3 heteroatoms. The Kier molecular flexibility index (Phi) is 10.9. The smallest absolute Gasteiger partial charge is 0.0431 e. The van der Waals surface area contributed by atoms with Crippen molar-refractivity contribution in [3.63, 3.8) is 0 Å². The average molecular weight is 236 g/mol. The maximum Gasteiger partial charge on any atom is 0.0431 e. The second-order valence-electron chi connectivity index (χ2n) is 4.49. The number of aliphatic hydroxyl groups excluding tert-OH is 1. The fourth-order valence-corrected chi connectivity index (χ4v) is 2.24. The SMILES string of the molecule is Cl.OCCCCCNCC1CCCCC1. The Morgan fingerprint density at radius 1 is 1.00 bits per heavy atom. The minimum atomic E-state index is 0. The first-order valence-corrected chi connectivity index (χ1v) is 6.25. The third-order valence-corrected chi connectivity index (χ3v) is 3.17. The highest BCUT2D eigenvalue weighted by Gasteiger charge is 2.11. The van der Waals surface area contributed by atoms with Gasteiger partial charge in [-0.15, -0.1) is 12.4 Å². The van der Waals surface area contributed by atoms with Crippen LogP contribution in [0.4, 0.5) is 0 Å². The molecule has 0 aromatic carbocycles. The zero-order valence-electron chi connectivity index (χ0n) is 9.71. The van der Waals surface area contributed by atoms with Crippen molar-refractivity contribution in [3.05, 3.63) is 0 Å². The summed E-state index contributed by atoms with van der Waals surface area (Å²) < 4.78 is 0. The molecule has 0 atom stereocenters. The van der Waals surface area contributed by atoms with Gasteiger partial charge < -0.3 is 10.4 Å². The maximum absolute atomic E-state index is 8.61. The van der Waals surface area contributed by atoms with Gasteiger partial charge in [0.1, 0.15) is 0 Å². The summed E-state index contributed by atoms with van der Waals surface area (Å²) in [5.41, 5.74) is 0. The first kappa shape index (κ1) is 15.2. The van der Waals surface area contributed by atoms with Crippen molar-refractivity contribution in [1.29, 1.82) is 0 Å². The number of unbranched alkanes of at least 4 members (excludes halogenated alkanes) is 2. The minimum Gasteiger partial charge on any atom is -0.396 e. The van der Waals surface area contributed by atoms with Crippen molar-refractivity contribution < 1.29 is 5.11 Å². The molecule has 0 aromatic heterocycles. The molecule has 1 fully saturated rings. The third-order valence-electron chi connectivity index (χ3n) is 3.17. The van der Waals surface area contributed by atoms with Crippen molar-refractivity contribution in [2.45, 2.75) is 51.4 Å². The van der Waals surface area contributed by atoms with Crippen LogP contribution in [0.2, 0.25) is 0 Å². The fourth-order valence-electron chi connectivity index (χ4n) is 2.24. The molecule has 0 unspecified atom stereocenters. The Balaban J connectivity index is 0.00000196. The highest BCUT2D eigenvalue weighted by atomic mass is 35.5.